The molecule has 1 rings (SSSR count). The van der Waals surface area contributed by atoms with E-state index in [4.69, 9.17) is 4.74 Å². The Morgan fingerprint density at radius 2 is 2.07 bits per heavy atom. The number of aromatic nitrogens is 2. The van der Waals surface area contributed by atoms with Crippen molar-refractivity contribution in [2.24, 2.45) is 5.92 Å². The zero-order valence-corrected chi connectivity index (χ0v) is 9.52. The van der Waals surface area contributed by atoms with Gasteiger partial charge in [0.1, 0.15) is 5.78 Å². The molecule has 0 aromatic carbocycles. The Balaban J connectivity index is 3.05. The van der Waals surface area contributed by atoms with Gasteiger partial charge in [-0.15, -0.1) is 0 Å². The van der Waals surface area contributed by atoms with Crippen molar-refractivity contribution in [3.05, 3.63) is 18.1 Å². The van der Waals surface area contributed by atoms with Gasteiger partial charge >= 0.3 is 0 Å². The van der Waals surface area contributed by atoms with Gasteiger partial charge in [0.2, 0.25) is 5.88 Å². The number of carbonyl (C=O) groups excluding carboxylic acids is 1. The smallest absolute Gasteiger partial charge is 0.232 e. The molecule has 0 aliphatic heterocycles. The average molecular weight is 208 g/mol. The Morgan fingerprint density at radius 1 is 1.40 bits per heavy atom. The standard InChI is InChI=1S/C11H16N2O2/c1-7(2)11(8(3)14)9-5-12-6-10(13-9)15-4/h5-7,11H,1-4H3. The molecule has 0 saturated carbocycles. The molecule has 1 heterocycles. The molecule has 0 amide bonds. The van der Waals surface area contributed by atoms with E-state index in [0.717, 1.165) is 0 Å². The Morgan fingerprint density at radius 3 is 2.53 bits per heavy atom. The van der Waals surface area contributed by atoms with Crippen LogP contribution in [0.25, 0.3) is 0 Å². The summed E-state index contributed by atoms with van der Waals surface area (Å²) in [4.78, 5) is 19.7. The van der Waals surface area contributed by atoms with Gasteiger partial charge in [0, 0.05) is 6.20 Å². The van der Waals surface area contributed by atoms with E-state index in [9.17, 15) is 4.79 Å². The minimum absolute atomic E-state index is 0.104. The Kier molecular flexibility index (Phi) is 3.77. The fraction of sp³-hybridized carbons (Fsp3) is 0.545. The normalized spacial score (nSPS) is 12.6. The maximum absolute atomic E-state index is 11.5. The lowest BCUT2D eigenvalue weighted by Crippen LogP contribution is -2.17. The molecule has 1 aromatic heterocycles. The van der Waals surface area contributed by atoms with Gasteiger partial charge in [-0.3, -0.25) is 9.78 Å². The first-order valence-corrected chi connectivity index (χ1v) is 4.92. The maximum Gasteiger partial charge on any atom is 0.232 e. The predicted molar refractivity (Wildman–Crippen MR) is 56.8 cm³/mol. The summed E-state index contributed by atoms with van der Waals surface area (Å²) in [6.07, 6.45) is 3.15. The van der Waals surface area contributed by atoms with Crippen LogP contribution in [0.4, 0.5) is 0 Å². The molecule has 4 heteroatoms. The summed E-state index contributed by atoms with van der Waals surface area (Å²) in [5.41, 5.74) is 0.678. The van der Waals surface area contributed by atoms with E-state index in [-0.39, 0.29) is 17.6 Å². The molecule has 15 heavy (non-hydrogen) atoms. The van der Waals surface area contributed by atoms with Gasteiger partial charge < -0.3 is 4.74 Å². The van der Waals surface area contributed by atoms with Crippen LogP contribution in [0.5, 0.6) is 5.88 Å². The Labute approximate surface area is 89.7 Å². The second-order valence-corrected chi connectivity index (χ2v) is 3.82. The quantitative estimate of drug-likeness (QED) is 0.757. The van der Waals surface area contributed by atoms with Crippen LogP contribution >= 0.6 is 0 Å². The minimum atomic E-state index is -0.201. The molecule has 0 radical (unpaired) electrons. The van der Waals surface area contributed by atoms with E-state index < -0.39 is 0 Å². The van der Waals surface area contributed by atoms with Gasteiger partial charge in [-0.05, 0) is 12.8 Å². The summed E-state index contributed by atoms with van der Waals surface area (Å²) in [7, 11) is 1.53. The molecule has 82 valence electrons. The first-order valence-electron chi connectivity index (χ1n) is 4.92. The van der Waals surface area contributed by atoms with Crippen LogP contribution in [0.2, 0.25) is 0 Å². The van der Waals surface area contributed by atoms with Crippen molar-refractivity contribution >= 4 is 5.78 Å². The van der Waals surface area contributed by atoms with E-state index in [1.807, 2.05) is 13.8 Å². The van der Waals surface area contributed by atoms with Crippen molar-refractivity contribution in [3.8, 4) is 5.88 Å². The molecule has 0 fully saturated rings. The predicted octanol–water partition coefficient (Wildman–Crippen LogP) is 1.81. The van der Waals surface area contributed by atoms with Crippen molar-refractivity contribution in [2.75, 3.05) is 7.11 Å². The highest BCUT2D eigenvalue weighted by molar-refractivity contribution is 5.83. The molecular weight excluding hydrogens is 192 g/mol. The number of ketones is 1. The van der Waals surface area contributed by atoms with Gasteiger partial charge in [-0.2, -0.15) is 0 Å². The fourth-order valence-electron chi connectivity index (χ4n) is 1.63. The minimum Gasteiger partial charge on any atom is -0.480 e. The molecule has 1 atom stereocenters. The molecule has 0 saturated heterocycles. The Hall–Kier alpha value is -1.45. The van der Waals surface area contributed by atoms with E-state index in [1.54, 1.807) is 13.1 Å². The molecule has 0 aliphatic rings. The van der Waals surface area contributed by atoms with Crippen LogP contribution in [0.1, 0.15) is 32.4 Å². The van der Waals surface area contributed by atoms with Crippen LogP contribution in [0.15, 0.2) is 12.4 Å². The van der Waals surface area contributed by atoms with Crippen LogP contribution < -0.4 is 4.74 Å². The van der Waals surface area contributed by atoms with Crippen molar-refractivity contribution in [1.82, 2.24) is 9.97 Å². The molecule has 0 spiro atoms. The van der Waals surface area contributed by atoms with E-state index in [1.165, 1.54) is 13.3 Å². The van der Waals surface area contributed by atoms with Crippen LogP contribution in [0, 0.1) is 5.92 Å². The first kappa shape index (κ1) is 11.6. The second kappa shape index (κ2) is 4.87. The number of hydrogen-bond acceptors (Lipinski definition) is 4. The average Bonchev–Trinajstić information content (AvgIpc) is 2.17. The number of nitrogens with zero attached hydrogens (tertiary/aromatic N) is 2. The highest BCUT2D eigenvalue weighted by Gasteiger charge is 2.22. The highest BCUT2D eigenvalue weighted by atomic mass is 16.5. The van der Waals surface area contributed by atoms with E-state index >= 15 is 0 Å². The van der Waals surface area contributed by atoms with E-state index in [0.29, 0.717) is 11.6 Å². The van der Waals surface area contributed by atoms with Gasteiger partial charge in [-0.1, -0.05) is 13.8 Å². The highest BCUT2D eigenvalue weighted by Crippen LogP contribution is 2.24. The van der Waals surface area contributed by atoms with Gasteiger partial charge in [0.15, 0.2) is 0 Å². The summed E-state index contributed by atoms with van der Waals surface area (Å²) in [6.45, 7) is 5.56. The molecule has 4 nitrogen and oxygen atoms in total. The third-order valence-corrected chi connectivity index (χ3v) is 2.26. The second-order valence-electron chi connectivity index (χ2n) is 3.82. The number of Topliss-reactive ketones (excluding diaryl/α,β-unsaturated/α-hetero) is 1. The number of methoxy groups -OCH3 is 1. The molecule has 0 aliphatic carbocycles. The third kappa shape index (κ3) is 2.75. The molecule has 1 unspecified atom stereocenters. The number of ether oxygens (including phenoxy) is 1. The van der Waals surface area contributed by atoms with Crippen molar-refractivity contribution in [1.29, 1.82) is 0 Å². The summed E-state index contributed by atoms with van der Waals surface area (Å²) in [5.74, 6) is 0.559. The van der Waals surface area contributed by atoms with Gasteiger partial charge in [0.05, 0.1) is 24.9 Å². The number of rotatable bonds is 4. The topological polar surface area (TPSA) is 52.1 Å². The molecular formula is C11H16N2O2. The Bertz CT molecular complexity index is 350. The van der Waals surface area contributed by atoms with Crippen molar-refractivity contribution in [2.45, 2.75) is 26.7 Å². The van der Waals surface area contributed by atoms with Crippen LogP contribution in [0.3, 0.4) is 0 Å². The largest absolute Gasteiger partial charge is 0.480 e. The first-order chi connectivity index (χ1) is 7.06. The fourth-order valence-corrected chi connectivity index (χ4v) is 1.63. The lowest BCUT2D eigenvalue weighted by Gasteiger charge is -2.16. The van der Waals surface area contributed by atoms with Crippen molar-refractivity contribution < 1.29 is 9.53 Å². The zero-order chi connectivity index (χ0) is 11.4. The third-order valence-electron chi connectivity index (χ3n) is 2.26. The SMILES string of the molecule is COc1cncc(C(C(C)=O)C(C)C)n1. The monoisotopic (exact) mass is 208 g/mol. The van der Waals surface area contributed by atoms with Gasteiger partial charge in [0.25, 0.3) is 0 Å². The maximum atomic E-state index is 11.5. The zero-order valence-electron chi connectivity index (χ0n) is 9.52. The van der Waals surface area contributed by atoms with Crippen molar-refractivity contribution in [3.63, 3.8) is 0 Å². The summed E-state index contributed by atoms with van der Waals surface area (Å²) >= 11 is 0. The number of carbonyl (C=O) groups is 1. The van der Waals surface area contributed by atoms with Crippen LogP contribution in [-0.4, -0.2) is 22.9 Å². The molecule has 0 N–H and O–H groups in total. The lowest BCUT2D eigenvalue weighted by atomic mass is 9.89. The van der Waals surface area contributed by atoms with Gasteiger partial charge in [-0.25, -0.2) is 4.98 Å². The summed E-state index contributed by atoms with van der Waals surface area (Å²) < 4.78 is 4.98. The summed E-state index contributed by atoms with van der Waals surface area (Å²) in [6, 6.07) is 0. The summed E-state index contributed by atoms with van der Waals surface area (Å²) in [5, 5.41) is 0. The molecule has 1 aromatic rings. The molecule has 0 bridgehead atoms. The van der Waals surface area contributed by atoms with Crippen LogP contribution in [-0.2, 0) is 4.79 Å². The lowest BCUT2D eigenvalue weighted by molar-refractivity contribution is -0.119. The number of hydrogen-bond donors (Lipinski definition) is 0. The van der Waals surface area contributed by atoms with E-state index in [2.05, 4.69) is 9.97 Å².